The van der Waals surface area contributed by atoms with Crippen molar-refractivity contribution in [1.29, 1.82) is 0 Å². The van der Waals surface area contributed by atoms with Crippen LogP contribution in [0.2, 0.25) is 0 Å². The molecule has 0 aromatic rings. The fourth-order valence-electron chi connectivity index (χ4n) is 12.0. The van der Waals surface area contributed by atoms with Gasteiger partial charge >= 0.3 is 39.5 Å². The molecule has 576 valence electrons. The van der Waals surface area contributed by atoms with Crippen molar-refractivity contribution in [3.05, 3.63) is 0 Å². The normalized spacial score (nSPS) is 14.2. The highest BCUT2D eigenvalue weighted by molar-refractivity contribution is 7.47. The smallest absolute Gasteiger partial charge is 0.462 e. The van der Waals surface area contributed by atoms with E-state index in [2.05, 4.69) is 41.5 Å². The Morgan fingerprint density at radius 2 is 0.526 bits per heavy atom. The molecule has 0 bridgehead atoms. The van der Waals surface area contributed by atoms with Crippen molar-refractivity contribution >= 4 is 39.5 Å². The lowest BCUT2D eigenvalue weighted by molar-refractivity contribution is -0.161. The summed E-state index contributed by atoms with van der Waals surface area (Å²) in [5.74, 6) is -0.599. The van der Waals surface area contributed by atoms with Crippen molar-refractivity contribution in [1.82, 2.24) is 0 Å². The number of carbonyl (C=O) groups excluding carboxylic acids is 4. The SMILES string of the molecule is CCCCCCCCCCCCCCCCCCCCCCCC(=O)O[C@H](COC(=O)CCCCCCCCCCCCCCCCC(C)C)COP(=O)(O)OC[C@@H](O)COP(=O)(O)OC[C@@H](COC(=O)CCCCCCCCCCC)OC(=O)CCCCCCCCC(C)CC. The summed E-state index contributed by atoms with van der Waals surface area (Å²) in [6.45, 7) is 9.56. The van der Waals surface area contributed by atoms with Crippen LogP contribution in [0.1, 0.15) is 408 Å². The number of carbonyl (C=O) groups is 4. The van der Waals surface area contributed by atoms with Crippen molar-refractivity contribution in [2.45, 2.75) is 426 Å². The zero-order chi connectivity index (χ0) is 71.4. The van der Waals surface area contributed by atoms with Gasteiger partial charge in [0.15, 0.2) is 12.2 Å². The number of phosphoric acid groups is 2. The Kier molecular flexibility index (Phi) is 68.4. The molecule has 6 atom stereocenters. The maximum atomic E-state index is 13.1. The number of unbranched alkanes of at least 4 members (excludes halogenated alkanes) is 46. The topological polar surface area (TPSA) is 237 Å². The molecule has 0 radical (unpaired) electrons. The highest BCUT2D eigenvalue weighted by Crippen LogP contribution is 2.45. The first-order valence-electron chi connectivity index (χ1n) is 40.5. The Morgan fingerprint density at radius 3 is 0.784 bits per heavy atom. The molecule has 3 unspecified atom stereocenters. The highest BCUT2D eigenvalue weighted by atomic mass is 31.2. The van der Waals surface area contributed by atoms with Crippen LogP contribution in [0.5, 0.6) is 0 Å². The first-order chi connectivity index (χ1) is 46.9. The molecule has 0 spiro atoms. The minimum absolute atomic E-state index is 0.103. The third kappa shape index (κ3) is 70.9. The molecule has 0 aliphatic heterocycles. The average molecular weight is 1420 g/mol. The summed E-state index contributed by atoms with van der Waals surface area (Å²) in [5, 5.41) is 10.6. The first-order valence-corrected chi connectivity index (χ1v) is 43.5. The monoisotopic (exact) mass is 1420 g/mol. The van der Waals surface area contributed by atoms with Gasteiger partial charge in [-0.1, -0.05) is 356 Å². The second kappa shape index (κ2) is 69.8. The minimum Gasteiger partial charge on any atom is -0.462 e. The van der Waals surface area contributed by atoms with Crippen LogP contribution in [0.4, 0.5) is 0 Å². The van der Waals surface area contributed by atoms with Crippen LogP contribution in [-0.2, 0) is 65.4 Å². The summed E-state index contributed by atoms with van der Waals surface area (Å²) >= 11 is 0. The van der Waals surface area contributed by atoms with Gasteiger partial charge in [0.25, 0.3) is 0 Å². The van der Waals surface area contributed by atoms with E-state index in [1.54, 1.807) is 0 Å². The predicted molar refractivity (Wildman–Crippen MR) is 395 cm³/mol. The number of aliphatic hydroxyl groups is 1. The lowest BCUT2D eigenvalue weighted by Gasteiger charge is -2.21. The third-order valence-electron chi connectivity index (χ3n) is 18.6. The maximum absolute atomic E-state index is 13.1. The molecule has 0 aliphatic carbocycles. The molecule has 0 saturated carbocycles. The molecule has 0 rings (SSSR count). The molecule has 19 heteroatoms. The van der Waals surface area contributed by atoms with E-state index in [0.29, 0.717) is 25.7 Å². The van der Waals surface area contributed by atoms with E-state index in [0.717, 1.165) is 102 Å². The first kappa shape index (κ1) is 95.1. The minimum atomic E-state index is -4.96. The molecule has 0 fully saturated rings. The third-order valence-corrected chi connectivity index (χ3v) is 20.5. The van der Waals surface area contributed by atoms with Gasteiger partial charge in [-0.3, -0.25) is 37.3 Å². The Balaban J connectivity index is 5.19. The fourth-order valence-corrected chi connectivity index (χ4v) is 13.6. The molecule has 0 amide bonds. The zero-order valence-corrected chi connectivity index (χ0v) is 65.2. The summed E-state index contributed by atoms with van der Waals surface area (Å²) in [7, 11) is -9.91. The largest absolute Gasteiger partial charge is 0.472 e. The van der Waals surface area contributed by atoms with Gasteiger partial charge in [-0.05, 0) is 37.5 Å². The van der Waals surface area contributed by atoms with Crippen molar-refractivity contribution in [3.8, 4) is 0 Å². The number of rotatable bonds is 77. The van der Waals surface area contributed by atoms with Gasteiger partial charge in [0.2, 0.25) is 0 Å². The van der Waals surface area contributed by atoms with Crippen molar-refractivity contribution in [2.24, 2.45) is 11.8 Å². The van der Waals surface area contributed by atoms with Crippen LogP contribution in [0.15, 0.2) is 0 Å². The molecule has 17 nitrogen and oxygen atoms in total. The van der Waals surface area contributed by atoms with Crippen LogP contribution in [0, 0.1) is 11.8 Å². The molecular weight excluding hydrogens is 1270 g/mol. The number of ether oxygens (including phenoxy) is 4. The Labute approximate surface area is 594 Å². The summed E-state index contributed by atoms with van der Waals surface area (Å²) in [6.07, 6.45) is 58.5. The van der Waals surface area contributed by atoms with Gasteiger partial charge in [-0.15, -0.1) is 0 Å². The zero-order valence-electron chi connectivity index (χ0n) is 63.4. The number of aliphatic hydroxyl groups excluding tert-OH is 1. The quantitative estimate of drug-likeness (QED) is 0.0222. The Bertz CT molecular complexity index is 1870. The second-order valence-electron chi connectivity index (χ2n) is 28.8. The van der Waals surface area contributed by atoms with E-state index in [-0.39, 0.29) is 25.7 Å². The highest BCUT2D eigenvalue weighted by Gasteiger charge is 2.30. The lowest BCUT2D eigenvalue weighted by atomic mass is 10.00. The molecule has 97 heavy (non-hydrogen) atoms. The number of hydrogen-bond acceptors (Lipinski definition) is 15. The van der Waals surface area contributed by atoms with Gasteiger partial charge in [0.1, 0.15) is 19.3 Å². The van der Waals surface area contributed by atoms with Crippen LogP contribution in [-0.4, -0.2) is 96.7 Å². The van der Waals surface area contributed by atoms with Crippen LogP contribution in [0.25, 0.3) is 0 Å². The molecule has 0 aliphatic rings. The van der Waals surface area contributed by atoms with Gasteiger partial charge in [0, 0.05) is 25.7 Å². The number of phosphoric ester groups is 2. The summed E-state index contributed by atoms with van der Waals surface area (Å²) in [6, 6.07) is 0. The molecule has 0 heterocycles. The fraction of sp³-hybridized carbons (Fsp3) is 0.949. The molecule has 0 aromatic heterocycles. The molecule has 3 N–H and O–H groups in total. The van der Waals surface area contributed by atoms with E-state index in [9.17, 15) is 43.2 Å². The standard InChI is InChI=1S/C78H152O17P2/c1-7-10-12-14-16-18-19-20-21-22-23-24-25-26-27-32-35-39-43-50-56-62-77(82)94-73(66-89-76(81)61-55-49-42-38-34-31-29-28-30-33-37-40-46-52-58-70(4)5)68-92-96(84,85)90-64-72(79)65-91-97(86,87)93-69-74(67-88-75(80)60-54-48-41-36-17-15-13-11-8-2)95-78(83)63-57-51-45-44-47-53-59-71(6)9-3/h70-74,79H,7-69H2,1-6H3,(H,84,85)(H,86,87)/t71?,72-,73-,74-/m1/s1. The second-order valence-corrected chi connectivity index (χ2v) is 31.7. The summed E-state index contributed by atoms with van der Waals surface area (Å²) in [5.41, 5.74) is 0. The van der Waals surface area contributed by atoms with E-state index >= 15 is 0 Å². The van der Waals surface area contributed by atoms with Crippen molar-refractivity contribution < 1.29 is 80.2 Å². The van der Waals surface area contributed by atoms with Crippen molar-refractivity contribution in [3.63, 3.8) is 0 Å². The number of esters is 4. The molecule has 0 aromatic carbocycles. The van der Waals surface area contributed by atoms with E-state index in [1.165, 1.54) is 225 Å². The average Bonchev–Trinajstić information content (AvgIpc) is 1.68. The van der Waals surface area contributed by atoms with Gasteiger partial charge in [0.05, 0.1) is 26.4 Å². The summed E-state index contributed by atoms with van der Waals surface area (Å²) < 4.78 is 68.5. The van der Waals surface area contributed by atoms with E-state index in [1.807, 2.05) is 0 Å². The Morgan fingerprint density at radius 1 is 0.299 bits per heavy atom. The van der Waals surface area contributed by atoms with Crippen LogP contribution in [0.3, 0.4) is 0 Å². The Hall–Kier alpha value is -1.94. The van der Waals surface area contributed by atoms with Crippen molar-refractivity contribution in [2.75, 3.05) is 39.6 Å². The van der Waals surface area contributed by atoms with Crippen LogP contribution < -0.4 is 0 Å². The van der Waals surface area contributed by atoms with Gasteiger partial charge in [-0.25, -0.2) is 9.13 Å². The number of hydrogen-bond donors (Lipinski definition) is 3. The molecular formula is C78H152O17P2. The van der Waals surface area contributed by atoms with Gasteiger partial charge < -0.3 is 33.8 Å². The molecule has 0 saturated heterocycles. The van der Waals surface area contributed by atoms with E-state index in [4.69, 9.17) is 37.0 Å². The predicted octanol–water partition coefficient (Wildman–Crippen LogP) is 23.1. The lowest BCUT2D eigenvalue weighted by Crippen LogP contribution is -2.30. The van der Waals surface area contributed by atoms with Gasteiger partial charge in [-0.2, -0.15) is 0 Å². The van der Waals surface area contributed by atoms with Crippen LogP contribution >= 0.6 is 15.6 Å². The summed E-state index contributed by atoms with van der Waals surface area (Å²) in [4.78, 5) is 72.8. The maximum Gasteiger partial charge on any atom is 0.472 e. The van der Waals surface area contributed by atoms with E-state index < -0.39 is 97.5 Å².